The molecule has 0 unspecified atom stereocenters. The maximum absolute atomic E-state index is 12.3. The standard InChI is InChI=1S/C20H30N4O/c1-3-4-5-6-7-8-9-11-15-22-20(25)18-16-23-24(17(18)2)19-13-10-12-14-21-19/h10,12-14,16H,3-9,11,15H2,1-2H3,(H,22,25). The number of nitrogens with one attached hydrogen (secondary N) is 1. The molecule has 25 heavy (non-hydrogen) atoms. The van der Waals surface area contributed by atoms with E-state index in [1.54, 1.807) is 17.1 Å². The van der Waals surface area contributed by atoms with E-state index in [1.165, 1.54) is 44.9 Å². The second-order valence-electron chi connectivity index (χ2n) is 6.47. The number of hydrogen-bond acceptors (Lipinski definition) is 3. The fraction of sp³-hybridized carbons (Fsp3) is 0.550. The summed E-state index contributed by atoms with van der Waals surface area (Å²) in [7, 11) is 0. The predicted octanol–water partition coefficient (Wildman–Crippen LogP) is 4.45. The van der Waals surface area contributed by atoms with Gasteiger partial charge in [0, 0.05) is 12.7 Å². The van der Waals surface area contributed by atoms with Gasteiger partial charge in [0.15, 0.2) is 5.82 Å². The van der Waals surface area contributed by atoms with Crippen molar-refractivity contribution in [2.45, 2.75) is 65.2 Å². The Labute approximate surface area is 150 Å². The Morgan fingerprint density at radius 3 is 2.48 bits per heavy atom. The topological polar surface area (TPSA) is 59.8 Å². The molecule has 0 aliphatic heterocycles. The quantitative estimate of drug-likeness (QED) is 0.614. The molecule has 0 aromatic carbocycles. The number of unbranched alkanes of at least 4 members (excludes halogenated alkanes) is 7. The molecule has 0 atom stereocenters. The minimum absolute atomic E-state index is 0.0531. The highest BCUT2D eigenvalue weighted by Crippen LogP contribution is 2.12. The van der Waals surface area contributed by atoms with Gasteiger partial charge in [-0.25, -0.2) is 9.67 Å². The Hall–Kier alpha value is -2.17. The highest BCUT2D eigenvalue weighted by atomic mass is 16.1. The van der Waals surface area contributed by atoms with E-state index in [0.29, 0.717) is 5.56 Å². The lowest BCUT2D eigenvalue weighted by Gasteiger charge is -2.06. The van der Waals surface area contributed by atoms with Gasteiger partial charge in [0.2, 0.25) is 0 Å². The molecule has 0 aliphatic rings. The van der Waals surface area contributed by atoms with Gasteiger partial charge < -0.3 is 5.32 Å². The fourth-order valence-corrected chi connectivity index (χ4v) is 2.90. The third kappa shape index (κ3) is 6.00. The van der Waals surface area contributed by atoms with Gasteiger partial charge in [-0.15, -0.1) is 0 Å². The van der Waals surface area contributed by atoms with Gasteiger partial charge in [0.05, 0.1) is 17.5 Å². The van der Waals surface area contributed by atoms with Crippen LogP contribution in [0.15, 0.2) is 30.6 Å². The molecule has 0 radical (unpaired) electrons. The monoisotopic (exact) mass is 342 g/mol. The van der Waals surface area contributed by atoms with E-state index in [-0.39, 0.29) is 5.91 Å². The minimum Gasteiger partial charge on any atom is -0.352 e. The van der Waals surface area contributed by atoms with Crippen LogP contribution in [0.3, 0.4) is 0 Å². The van der Waals surface area contributed by atoms with E-state index >= 15 is 0 Å². The number of carbonyl (C=O) groups excluding carboxylic acids is 1. The third-order valence-electron chi connectivity index (χ3n) is 4.44. The lowest BCUT2D eigenvalue weighted by Crippen LogP contribution is -2.24. The van der Waals surface area contributed by atoms with Crippen LogP contribution in [0.4, 0.5) is 0 Å². The Balaban J connectivity index is 1.71. The molecular formula is C20H30N4O. The van der Waals surface area contributed by atoms with E-state index < -0.39 is 0 Å². The second kappa shape index (κ2) is 10.6. The van der Waals surface area contributed by atoms with Crippen LogP contribution in [0.2, 0.25) is 0 Å². The zero-order valence-electron chi connectivity index (χ0n) is 15.5. The maximum Gasteiger partial charge on any atom is 0.254 e. The summed E-state index contributed by atoms with van der Waals surface area (Å²) in [6, 6.07) is 5.65. The summed E-state index contributed by atoms with van der Waals surface area (Å²) in [6.07, 6.45) is 13.5. The predicted molar refractivity (Wildman–Crippen MR) is 101 cm³/mol. The lowest BCUT2D eigenvalue weighted by atomic mass is 10.1. The smallest absolute Gasteiger partial charge is 0.254 e. The Morgan fingerprint density at radius 2 is 1.80 bits per heavy atom. The van der Waals surface area contributed by atoms with Crippen molar-refractivity contribution >= 4 is 5.91 Å². The van der Waals surface area contributed by atoms with Gasteiger partial charge in [-0.2, -0.15) is 5.10 Å². The van der Waals surface area contributed by atoms with Gasteiger partial charge in [0.1, 0.15) is 0 Å². The summed E-state index contributed by atoms with van der Waals surface area (Å²) in [5, 5.41) is 7.30. The molecule has 5 heteroatoms. The summed E-state index contributed by atoms with van der Waals surface area (Å²) in [5.41, 5.74) is 1.43. The number of aromatic nitrogens is 3. The van der Waals surface area contributed by atoms with E-state index in [2.05, 4.69) is 22.3 Å². The van der Waals surface area contributed by atoms with E-state index in [9.17, 15) is 4.79 Å². The lowest BCUT2D eigenvalue weighted by molar-refractivity contribution is 0.0952. The van der Waals surface area contributed by atoms with Crippen molar-refractivity contribution in [1.82, 2.24) is 20.1 Å². The highest BCUT2D eigenvalue weighted by molar-refractivity contribution is 5.95. The molecule has 0 spiro atoms. The average molecular weight is 342 g/mol. The first kappa shape index (κ1) is 19.2. The van der Waals surface area contributed by atoms with Crippen LogP contribution in [-0.2, 0) is 0 Å². The van der Waals surface area contributed by atoms with Crippen molar-refractivity contribution in [3.8, 4) is 5.82 Å². The first-order valence-electron chi connectivity index (χ1n) is 9.48. The van der Waals surface area contributed by atoms with Crippen molar-refractivity contribution in [2.75, 3.05) is 6.54 Å². The minimum atomic E-state index is -0.0531. The summed E-state index contributed by atoms with van der Waals surface area (Å²) >= 11 is 0. The maximum atomic E-state index is 12.3. The van der Waals surface area contributed by atoms with E-state index in [4.69, 9.17) is 0 Å². The zero-order valence-corrected chi connectivity index (χ0v) is 15.5. The van der Waals surface area contributed by atoms with Crippen LogP contribution < -0.4 is 5.32 Å². The molecule has 0 saturated carbocycles. The fourth-order valence-electron chi connectivity index (χ4n) is 2.90. The number of pyridine rings is 1. The molecule has 2 heterocycles. The van der Waals surface area contributed by atoms with Gasteiger partial charge >= 0.3 is 0 Å². The molecule has 2 aromatic rings. The van der Waals surface area contributed by atoms with E-state index in [0.717, 1.165) is 24.5 Å². The number of carbonyl (C=O) groups is 1. The SMILES string of the molecule is CCCCCCCCCCNC(=O)c1cnn(-c2ccccn2)c1C. The average Bonchev–Trinajstić information content (AvgIpc) is 3.02. The summed E-state index contributed by atoms with van der Waals surface area (Å²) in [4.78, 5) is 16.6. The van der Waals surface area contributed by atoms with E-state index in [1.807, 2.05) is 25.1 Å². The normalized spacial score (nSPS) is 10.8. The molecular weight excluding hydrogens is 312 g/mol. The van der Waals surface area contributed by atoms with Crippen LogP contribution in [0, 0.1) is 6.92 Å². The molecule has 0 saturated heterocycles. The summed E-state index contributed by atoms with van der Waals surface area (Å²) in [5.74, 6) is 0.671. The van der Waals surface area contributed by atoms with Crippen LogP contribution in [0.5, 0.6) is 0 Å². The van der Waals surface area contributed by atoms with Crippen molar-refractivity contribution in [2.24, 2.45) is 0 Å². The molecule has 136 valence electrons. The van der Waals surface area contributed by atoms with Gasteiger partial charge in [-0.05, 0) is 25.5 Å². The molecule has 0 aliphatic carbocycles. The van der Waals surface area contributed by atoms with Gasteiger partial charge in [-0.1, -0.05) is 57.9 Å². The van der Waals surface area contributed by atoms with Crippen molar-refractivity contribution in [1.29, 1.82) is 0 Å². The Kier molecular flexibility index (Phi) is 8.16. The molecule has 5 nitrogen and oxygen atoms in total. The van der Waals surface area contributed by atoms with Crippen molar-refractivity contribution in [3.63, 3.8) is 0 Å². The molecule has 1 N–H and O–H groups in total. The van der Waals surface area contributed by atoms with Crippen LogP contribution in [-0.4, -0.2) is 27.2 Å². The van der Waals surface area contributed by atoms with Crippen molar-refractivity contribution < 1.29 is 4.79 Å². The zero-order chi connectivity index (χ0) is 17.9. The molecule has 0 fully saturated rings. The first-order chi connectivity index (χ1) is 12.2. The number of nitrogens with zero attached hydrogens (tertiary/aromatic N) is 3. The largest absolute Gasteiger partial charge is 0.352 e. The van der Waals surface area contributed by atoms with Gasteiger partial charge in [-0.3, -0.25) is 4.79 Å². The summed E-state index contributed by atoms with van der Waals surface area (Å²) < 4.78 is 1.70. The molecule has 1 amide bonds. The van der Waals surface area contributed by atoms with Crippen LogP contribution >= 0.6 is 0 Å². The number of hydrogen-bond donors (Lipinski definition) is 1. The number of amides is 1. The number of rotatable bonds is 11. The molecule has 2 aromatic heterocycles. The first-order valence-corrected chi connectivity index (χ1v) is 9.48. The summed E-state index contributed by atoms with van der Waals surface area (Å²) in [6.45, 7) is 4.86. The van der Waals surface area contributed by atoms with Crippen molar-refractivity contribution in [3.05, 3.63) is 41.9 Å². The second-order valence-corrected chi connectivity index (χ2v) is 6.47. The molecule has 0 bridgehead atoms. The van der Waals surface area contributed by atoms with Crippen LogP contribution in [0.1, 0.15) is 74.3 Å². The van der Waals surface area contributed by atoms with Gasteiger partial charge in [0.25, 0.3) is 5.91 Å². The third-order valence-corrected chi connectivity index (χ3v) is 4.44. The molecule has 2 rings (SSSR count). The Bertz CT molecular complexity index is 636. The highest BCUT2D eigenvalue weighted by Gasteiger charge is 2.14. The Morgan fingerprint density at radius 1 is 1.08 bits per heavy atom. The van der Waals surface area contributed by atoms with Crippen LogP contribution in [0.25, 0.3) is 5.82 Å².